The first-order chi connectivity index (χ1) is 10.2. The SMILES string of the molecule is CCOc1cccc(CNCC(O)c2ccc(Cl)cc2)c1. The molecule has 0 fully saturated rings. The molecule has 2 N–H and O–H groups in total. The van der Waals surface area contributed by atoms with Crippen molar-refractivity contribution < 1.29 is 9.84 Å². The van der Waals surface area contributed by atoms with Gasteiger partial charge in [-0.15, -0.1) is 0 Å². The van der Waals surface area contributed by atoms with Gasteiger partial charge in [0, 0.05) is 18.1 Å². The largest absolute Gasteiger partial charge is 0.494 e. The standard InChI is InChI=1S/C17H20ClNO2/c1-2-21-16-5-3-4-13(10-16)11-19-12-17(20)14-6-8-15(18)9-7-14/h3-10,17,19-20H,2,11-12H2,1H3. The molecule has 0 aromatic heterocycles. The molecular formula is C17H20ClNO2. The fourth-order valence-electron chi connectivity index (χ4n) is 2.07. The monoisotopic (exact) mass is 305 g/mol. The lowest BCUT2D eigenvalue weighted by Gasteiger charge is -2.13. The van der Waals surface area contributed by atoms with Crippen molar-refractivity contribution >= 4 is 11.6 Å². The fraction of sp³-hybridized carbons (Fsp3) is 0.294. The van der Waals surface area contributed by atoms with E-state index in [4.69, 9.17) is 16.3 Å². The summed E-state index contributed by atoms with van der Waals surface area (Å²) in [7, 11) is 0. The van der Waals surface area contributed by atoms with Gasteiger partial charge < -0.3 is 15.2 Å². The Morgan fingerprint density at radius 2 is 1.95 bits per heavy atom. The first-order valence-electron chi connectivity index (χ1n) is 7.05. The van der Waals surface area contributed by atoms with E-state index in [-0.39, 0.29) is 0 Å². The zero-order chi connectivity index (χ0) is 15.1. The van der Waals surface area contributed by atoms with E-state index in [1.54, 1.807) is 12.1 Å². The Morgan fingerprint density at radius 3 is 2.67 bits per heavy atom. The summed E-state index contributed by atoms with van der Waals surface area (Å²) in [4.78, 5) is 0. The van der Waals surface area contributed by atoms with Crippen LogP contribution in [0.2, 0.25) is 5.02 Å². The van der Waals surface area contributed by atoms with Crippen LogP contribution in [-0.4, -0.2) is 18.3 Å². The number of aliphatic hydroxyl groups excluding tert-OH is 1. The van der Waals surface area contributed by atoms with Crippen LogP contribution in [0.15, 0.2) is 48.5 Å². The molecule has 2 aromatic rings. The minimum Gasteiger partial charge on any atom is -0.494 e. The van der Waals surface area contributed by atoms with Gasteiger partial charge >= 0.3 is 0 Å². The number of ether oxygens (including phenoxy) is 1. The third kappa shape index (κ3) is 5.05. The van der Waals surface area contributed by atoms with E-state index in [1.165, 1.54) is 0 Å². The van der Waals surface area contributed by atoms with E-state index in [2.05, 4.69) is 5.32 Å². The van der Waals surface area contributed by atoms with Crippen molar-refractivity contribution in [3.05, 3.63) is 64.7 Å². The van der Waals surface area contributed by atoms with Gasteiger partial charge in [-0.25, -0.2) is 0 Å². The van der Waals surface area contributed by atoms with Crippen LogP contribution in [0.3, 0.4) is 0 Å². The Kier molecular flexibility index (Phi) is 6.05. The van der Waals surface area contributed by atoms with E-state index < -0.39 is 6.10 Å². The molecule has 1 atom stereocenters. The number of nitrogens with one attached hydrogen (secondary N) is 1. The van der Waals surface area contributed by atoms with E-state index >= 15 is 0 Å². The highest BCUT2D eigenvalue weighted by Gasteiger charge is 2.06. The molecule has 1 unspecified atom stereocenters. The molecule has 0 spiro atoms. The molecule has 0 bridgehead atoms. The molecule has 4 heteroatoms. The van der Waals surface area contributed by atoms with Crippen molar-refractivity contribution in [3.8, 4) is 5.75 Å². The molecule has 0 radical (unpaired) electrons. The maximum absolute atomic E-state index is 10.1. The zero-order valence-corrected chi connectivity index (χ0v) is 12.8. The Labute approximate surface area is 130 Å². The molecule has 2 aromatic carbocycles. The molecule has 2 rings (SSSR count). The Morgan fingerprint density at radius 1 is 1.19 bits per heavy atom. The average Bonchev–Trinajstić information content (AvgIpc) is 2.48. The quantitative estimate of drug-likeness (QED) is 0.822. The minimum atomic E-state index is -0.544. The fourth-order valence-corrected chi connectivity index (χ4v) is 2.19. The molecule has 0 saturated carbocycles. The van der Waals surface area contributed by atoms with Crippen molar-refractivity contribution in [3.63, 3.8) is 0 Å². The van der Waals surface area contributed by atoms with Crippen LogP contribution in [0.5, 0.6) is 5.75 Å². The Hall–Kier alpha value is -1.55. The van der Waals surface area contributed by atoms with Crippen molar-refractivity contribution in [2.45, 2.75) is 19.6 Å². The molecule has 0 heterocycles. The van der Waals surface area contributed by atoms with Crippen LogP contribution in [-0.2, 0) is 6.54 Å². The lowest BCUT2D eigenvalue weighted by atomic mass is 10.1. The topological polar surface area (TPSA) is 41.5 Å². The predicted molar refractivity (Wildman–Crippen MR) is 85.7 cm³/mol. The number of benzene rings is 2. The Bertz CT molecular complexity index is 557. The molecule has 3 nitrogen and oxygen atoms in total. The first kappa shape index (κ1) is 15.8. The summed E-state index contributed by atoms with van der Waals surface area (Å²) < 4.78 is 5.46. The van der Waals surface area contributed by atoms with Gasteiger partial charge in [0.2, 0.25) is 0 Å². The van der Waals surface area contributed by atoms with Crippen LogP contribution >= 0.6 is 11.6 Å². The number of hydrogen-bond donors (Lipinski definition) is 2. The van der Waals surface area contributed by atoms with E-state index in [0.717, 1.165) is 16.9 Å². The average molecular weight is 306 g/mol. The second-order valence-corrected chi connectivity index (χ2v) is 5.22. The minimum absolute atomic E-state index is 0.487. The second-order valence-electron chi connectivity index (χ2n) is 4.78. The normalized spacial score (nSPS) is 12.1. The number of hydrogen-bond acceptors (Lipinski definition) is 3. The maximum atomic E-state index is 10.1. The van der Waals surface area contributed by atoms with Crippen molar-refractivity contribution in [1.82, 2.24) is 5.32 Å². The van der Waals surface area contributed by atoms with Gasteiger partial charge in [0.1, 0.15) is 5.75 Å². The predicted octanol–water partition coefficient (Wildman–Crippen LogP) is 3.56. The number of halogens is 1. The van der Waals surface area contributed by atoms with Gasteiger partial charge in [0.05, 0.1) is 12.7 Å². The third-order valence-electron chi connectivity index (χ3n) is 3.13. The Balaban J connectivity index is 1.83. The summed E-state index contributed by atoms with van der Waals surface area (Å²) >= 11 is 5.83. The van der Waals surface area contributed by atoms with Gasteiger partial charge in [-0.1, -0.05) is 35.9 Å². The summed E-state index contributed by atoms with van der Waals surface area (Å²) in [6, 6.07) is 15.2. The number of rotatable bonds is 7. The molecule has 21 heavy (non-hydrogen) atoms. The highest BCUT2D eigenvalue weighted by molar-refractivity contribution is 6.30. The molecule has 0 aliphatic carbocycles. The van der Waals surface area contributed by atoms with Crippen molar-refractivity contribution in [2.24, 2.45) is 0 Å². The summed E-state index contributed by atoms with van der Waals surface area (Å²) in [5, 5.41) is 14.0. The number of aliphatic hydroxyl groups is 1. The van der Waals surface area contributed by atoms with Gasteiger partial charge in [-0.3, -0.25) is 0 Å². The van der Waals surface area contributed by atoms with Crippen LogP contribution in [0, 0.1) is 0 Å². The molecule has 0 aliphatic heterocycles. The smallest absolute Gasteiger partial charge is 0.119 e. The van der Waals surface area contributed by atoms with E-state index in [1.807, 2.05) is 43.3 Å². The molecular weight excluding hydrogens is 286 g/mol. The van der Waals surface area contributed by atoms with E-state index in [0.29, 0.717) is 24.7 Å². The zero-order valence-electron chi connectivity index (χ0n) is 12.1. The van der Waals surface area contributed by atoms with Crippen LogP contribution in [0.4, 0.5) is 0 Å². The lowest BCUT2D eigenvalue weighted by Crippen LogP contribution is -2.21. The summed E-state index contributed by atoms with van der Waals surface area (Å²) in [5.41, 5.74) is 1.99. The molecule has 0 amide bonds. The summed E-state index contributed by atoms with van der Waals surface area (Å²) in [6.45, 7) is 3.80. The second kappa shape index (κ2) is 8.03. The molecule has 0 aliphatic rings. The van der Waals surface area contributed by atoms with E-state index in [9.17, 15) is 5.11 Å². The van der Waals surface area contributed by atoms with Gasteiger partial charge in [-0.05, 0) is 42.3 Å². The van der Waals surface area contributed by atoms with Gasteiger partial charge in [-0.2, -0.15) is 0 Å². The summed E-state index contributed by atoms with van der Waals surface area (Å²) in [6.07, 6.45) is -0.544. The maximum Gasteiger partial charge on any atom is 0.119 e. The van der Waals surface area contributed by atoms with Crippen molar-refractivity contribution in [1.29, 1.82) is 0 Å². The van der Waals surface area contributed by atoms with Crippen molar-refractivity contribution in [2.75, 3.05) is 13.2 Å². The van der Waals surface area contributed by atoms with Crippen LogP contribution in [0.1, 0.15) is 24.2 Å². The molecule has 0 saturated heterocycles. The summed E-state index contributed by atoms with van der Waals surface area (Å²) in [5.74, 6) is 0.870. The highest BCUT2D eigenvalue weighted by Crippen LogP contribution is 2.16. The molecule has 112 valence electrons. The lowest BCUT2D eigenvalue weighted by molar-refractivity contribution is 0.174. The van der Waals surface area contributed by atoms with Crippen LogP contribution < -0.4 is 10.1 Å². The first-order valence-corrected chi connectivity index (χ1v) is 7.43. The highest BCUT2D eigenvalue weighted by atomic mass is 35.5. The van der Waals surface area contributed by atoms with Crippen LogP contribution in [0.25, 0.3) is 0 Å². The third-order valence-corrected chi connectivity index (χ3v) is 3.38. The van der Waals surface area contributed by atoms with Gasteiger partial charge in [0.15, 0.2) is 0 Å². The van der Waals surface area contributed by atoms with Gasteiger partial charge in [0.25, 0.3) is 0 Å².